The van der Waals surface area contributed by atoms with E-state index in [0.29, 0.717) is 5.92 Å². The van der Waals surface area contributed by atoms with Gasteiger partial charge in [0.15, 0.2) is 0 Å². The first kappa shape index (κ1) is 13.7. The number of hydrogen-bond donors (Lipinski definition) is 2. The number of nitrogens with zero attached hydrogens (tertiary/aromatic N) is 1. The fraction of sp³-hybridized carbons (Fsp3) is 0.750. The van der Waals surface area contributed by atoms with Crippen molar-refractivity contribution in [3.8, 4) is 0 Å². The second kappa shape index (κ2) is 5.98. The molecule has 0 atom stereocenters. The molecule has 20 heavy (non-hydrogen) atoms. The van der Waals surface area contributed by atoms with Crippen LogP contribution >= 0.6 is 0 Å². The maximum Gasteiger partial charge on any atom is 0.256 e. The second-order valence-corrected chi connectivity index (χ2v) is 6.31. The van der Waals surface area contributed by atoms with Crippen LogP contribution in [0.5, 0.6) is 0 Å². The van der Waals surface area contributed by atoms with Gasteiger partial charge in [-0.1, -0.05) is 19.8 Å². The molecule has 1 aromatic heterocycles. The van der Waals surface area contributed by atoms with Gasteiger partial charge in [-0.05, 0) is 44.4 Å². The third-order valence-electron chi connectivity index (χ3n) is 4.86. The van der Waals surface area contributed by atoms with Crippen LogP contribution in [0.15, 0.2) is 4.79 Å². The normalized spacial score (nSPS) is 25.9. The minimum atomic E-state index is 0.0767. The molecule has 2 N–H and O–H groups in total. The zero-order chi connectivity index (χ0) is 13.9. The number of rotatable bonds is 3. The van der Waals surface area contributed by atoms with Gasteiger partial charge in [0, 0.05) is 12.5 Å². The van der Waals surface area contributed by atoms with Gasteiger partial charge < -0.3 is 10.3 Å². The fourth-order valence-electron chi connectivity index (χ4n) is 3.69. The van der Waals surface area contributed by atoms with Crippen LogP contribution in [0.2, 0.25) is 0 Å². The Bertz CT molecular complexity index is 515. The van der Waals surface area contributed by atoms with E-state index in [2.05, 4.69) is 17.2 Å². The van der Waals surface area contributed by atoms with Crippen molar-refractivity contribution in [2.75, 3.05) is 11.9 Å². The summed E-state index contributed by atoms with van der Waals surface area (Å²) in [4.78, 5) is 19.9. The zero-order valence-electron chi connectivity index (χ0n) is 12.4. The van der Waals surface area contributed by atoms with E-state index in [1.54, 1.807) is 0 Å². The van der Waals surface area contributed by atoms with Crippen LogP contribution in [0.25, 0.3) is 0 Å². The predicted octanol–water partition coefficient (Wildman–Crippen LogP) is 3.20. The zero-order valence-corrected chi connectivity index (χ0v) is 12.4. The molecule has 1 fully saturated rings. The number of aromatic nitrogens is 2. The van der Waals surface area contributed by atoms with E-state index in [9.17, 15) is 4.79 Å². The van der Waals surface area contributed by atoms with Gasteiger partial charge in [0.1, 0.15) is 11.6 Å². The maximum atomic E-state index is 12.2. The number of fused-ring (bicyclic) bond motifs is 1. The van der Waals surface area contributed by atoms with Crippen LogP contribution < -0.4 is 10.9 Å². The minimum absolute atomic E-state index is 0.0767. The summed E-state index contributed by atoms with van der Waals surface area (Å²) >= 11 is 0. The molecule has 0 spiro atoms. The van der Waals surface area contributed by atoms with Crippen LogP contribution in [0.3, 0.4) is 0 Å². The van der Waals surface area contributed by atoms with Gasteiger partial charge in [0.05, 0.1) is 5.56 Å². The molecule has 1 saturated carbocycles. The standard InChI is InChI=1S/C16H25N3O/c1-2-4-11-6-8-12(9-7-11)14-18-15-13(16(20)19-14)5-3-10-17-15/h11-12H,2-10H2,1H3,(H2,17,18,19,20). The Morgan fingerprint density at radius 3 is 2.80 bits per heavy atom. The predicted molar refractivity (Wildman–Crippen MR) is 81.3 cm³/mol. The SMILES string of the molecule is CCCC1CCC(c2nc3c(c(=O)[nH]2)CCCN3)CC1. The summed E-state index contributed by atoms with van der Waals surface area (Å²) in [5.41, 5.74) is 0.924. The number of hydrogen-bond acceptors (Lipinski definition) is 3. The first-order valence-corrected chi connectivity index (χ1v) is 8.15. The highest BCUT2D eigenvalue weighted by Crippen LogP contribution is 2.36. The quantitative estimate of drug-likeness (QED) is 0.890. The Kier molecular flexibility index (Phi) is 4.08. The minimum Gasteiger partial charge on any atom is -0.370 e. The molecule has 2 aliphatic rings. The van der Waals surface area contributed by atoms with Gasteiger partial charge in [0.25, 0.3) is 5.56 Å². The largest absolute Gasteiger partial charge is 0.370 e. The Morgan fingerprint density at radius 1 is 1.25 bits per heavy atom. The van der Waals surface area contributed by atoms with E-state index in [1.807, 2.05) is 0 Å². The van der Waals surface area contributed by atoms with Crippen molar-refractivity contribution in [3.63, 3.8) is 0 Å². The number of anilines is 1. The van der Waals surface area contributed by atoms with Crippen LogP contribution in [0.4, 0.5) is 5.82 Å². The first-order valence-electron chi connectivity index (χ1n) is 8.15. The molecule has 4 nitrogen and oxygen atoms in total. The summed E-state index contributed by atoms with van der Waals surface area (Å²) in [7, 11) is 0. The van der Waals surface area contributed by atoms with Crippen LogP contribution in [-0.4, -0.2) is 16.5 Å². The molecule has 110 valence electrons. The summed E-state index contributed by atoms with van der Waals surface area (Å²) in [6, 6.07) is 0. The Morgan fingerprint density at radius 2 is 2.05 bits per heavy atom. The Labute approximate surface area is 120 Å². The van der Waals surface area contributed by atoms with Gasteiger partial charge in [0.2, 0.25) is 0 Å². The summed E-state index contributed by atoms with van der Waals surface area (Å²) in [5.74, 6) is 3.09. The van der Waals surface area contributed by atoms with E-state index in [4.69, 9.17) is 4.98 Å². The van der Waals surface area contributed by atoms with Crippen LogP contribution in [0.1, 0.15) is 69.2 Å². The molecule has 3 rings (SSSR count). The maximum absolute atomic E-state index is 12.2. The highest BCUT2D eigenvalue weighted by atomic mass is 16.1. The van der Waals surface area contributed by atoms with Crippen molar-refractivity contribution in [2.24, 2.45) is 5.92 Å². The van der Waals surface area contributed by atoms with Crippen molar-refractivity contribution in [1.82, 2.24) is 9.97 Å². The molecule has 4 heteroatoms. The van der Waals surface area contributed by atoms with Crippen molar-refractivity contribution in [2.45, 2.75) is 64.2 Å². The number of nitrogens with one attached hydrogen (secondary N) is 2. The van der Waals surface area contributed by atoms with Crippen molar-refractivity contribution >= 4 is 5.82 Å². The summed E-state index contributed by atoms with van der Waals surface area (Å²) in [6.07, 6.45) is 9.43. The van der Waals surface area contributed by atoms with Gasteiger partial charge >= 0.3 is 0 Å². The van der Waals surface area contributed by atoms with Gasteiger partial charge in [-0.3, -0.25) is 4.79 Å². The van der Waals surface area contributed by atoms with Crippen LogP contribution in [0, 0.1) is 5.92 Å². The lowest BCUT2D eigenvalue weighted by molar-refractivity contribution is 0.302. The lowest BCUT2D eigenvalue weighted by Gasteiger charge is -2.28. The molecule has 0 aromatic carbocycles. The summed E-state index contributed by atoms with van der Waals surface area (Å²) in [6.45, 7) is 3.20. The Balaban J connectivity index is 1.75. The van der Waals surface area contributed by atoms with Gasteiger partial charge in [-0.25, -0.2) is 4.98 Å². The van der Waals surface area contributed by atoms with Crippen LogP contribution in [-0.2, 0) is 6.42 Å². The fourth-order valence-corrected chi connectivity index (χ4v) is 3.69. The lowest BCUT2D eigenvalue weighted by Crippen LogP contribution is -2.27. The lowest BCUT2D eigenvalue weighted by atomic mass is 9.80. The first-order chi connectivity index (χ1) is 9.78. The molecule has 0 unspecified atom stereocenters. The molecule has 0 saturated heterocycles. The highest BCUT2D eigenvalue weighted by molar-refractivity contribution is 5.45. The summed E-state index contributed by atoms with van der Waals surface area (Å²) < 4.78 is 0. The third-order valence-corrected chi connectivity index (χ3v) is 4.86. The number of H-pyrrole nitrogens is 1. The molecule has 1 aliphatic heterocycles. The smallest absolute Gasteiger partial charge is 0.256 e. The molecule has 0 bridgehead atoms. The monoisotopic (exact) mass is 275 g/mol. The molecule has 1 aliphatic carbocycles. The van der Waals surface area contributed by atoms with Gasteiger partial charge in [-0.15, -0.1) is 0 Å². The van der Waals surface area contributed by atoms with Crippen molar-refractivity contribution in [1.29, 1.82) is 0 Å². The second-order valence-electron chi connectivity index (χ2n) is 6.31. The van der Waals surface area contributed by atoms with E-state index in [0.717, 1.165) is 42.5 Å². The molecular weight excluding hydrogens is 250 g/mol. The highest BCUT2D eigenvalue weighted by Gasteiger charge is 2.25. The topological polar surface area (TPSA) is 57.8 Å². The van der Waals surface area contributed by atoms with E-state index < -0.39 is 0 Å². The molecular formula is C16H25N3O. The molecule has 0 amide bonds. The average molecular weight is 275 g/mol. The van der Waals surface area contributed by atoms with E-state index >= 15 is 0 Å². The molecule has 0 radical (unpaired) electrons. The van der Waals surface area contributed by atoms with Crippen molar-refractivity contribution in [3.05, 3.63) is 21.7 Å². The van der Waals surface area contributed by atoms with Crippen molar-refractivity contribution < 1.29 is 0 Å². The third kappa shape index (κ3) is 2.74. The Hall–Kier alpha value is -1.32. The van der Waals surface area contributed by atoms with Gasteiger partial charge in [-0.2, -0.15) is 0 Å². The average Bonchev–Trinajstić information content (AvgIpc) is 2.48. The molecule has 2 heterocycles. The van der Waals surface area contributed by atoms with E-state index in [-0.39, 0.29) is 5.56 Å². The molecule has 1 aromatic rings. The summed E-state index contributed by atoms with van der Waals surface area (Å²) in [5, 5.41) is 3.28. The van der Waals surface area contributed by atoms with E-state index in [1.165, 1.54) is 38.5 Å². The number of aromatic amines is 1.